The number of rotatable bonds is 2. The Morgan fingerprint density at radius 2 is 1.67 bits per heavy atom. The summed E-state index contributed by atoms with van der Waals surface area (Å²) >= 11 is 0. The maximum atomic E-state index is 12.6. The van der Waals surface area contributed by atoms with Gasteiger partial charge in [-0.2, -0.15) is 0 Å². The second-order valence-electron chi connectivity index (χ2n) is 5.72. The van der Waals surface area contributed by atoms with Gasteiger partial charge in [-0.3, -0.25) is 9.59 Å². The molecule has 2 saturated heterocycles. The van der Waals surface area contributed by atoms with Crippen molar-refractivity contribution < 1.29 is 19.5 Å². The summed E-state index contributed by atoms with van der Waals surface area (Å²) in [5.74, 6) is -0.826. The topological polar surface area (TPSA) is 81.2 Å². The van der Waals surface area contributed by atoms with E-state index in [9.17, 15) is 14.4 Å². The molecule has 0 aromatic heterocycles. The van der Waals surface area contributed by atoms with Crippen LogP contribution in [0.15, 0.2) is 0 Å². The van der Waals surface area contributed by atoms with Crippen LogP contribution in [0.25, 0.3) is 0 Å². The Morgan fingerprint density at radius 3 is 2.33 bits per heavy atom. The third kappa shape index (κ3) is 3.86. The minimum absolute atomic E-state index is 0.0130. The van der Waals surface area contributed by atoms with Crippen molar-refractivity contribution in [2.45, 2.75) is 38.6 Å². The molecule has 0 saturated carbocycles. The zero-order valence-electron chi connectivity index (χ0n) is 12.5. The Morgan fingerprint density at radius 1 is 1.00 bits per heavy atom. The molecule has 7 nitrogen and oxygen atoms in total. The van der Waals surface area contributed by atoms with E-state index in [1.165, 1.54) is 0 Å². The minimum atomic E-state index is -0.863. The van der Waals surface area contributed by atoms with Crippen molar-refractivity contribution in [3.05, 3.63) is 0 Å². The molecule has 0 aromatic carbocycles. The lowest BCUT2D eigenvalue weighted by atomic mass is 10.1. The lowest BCUT2D eigenvalue weighted by Crippen LogP contribution is -2.47. The zero-order chi connectivity index (χ0) is 15.4. The van der Waals surface area contributed by atoms with E-state index in [1.54, 1.807) is 21.6 Å². The van der Waals surface area contributed by atoms with E-state index in [0.717, 1.165) is 19.3 Å². The number of urea groups is 1. The van der Waals surface area contributed by atoms with Crippen LogP contribution in [0.5, 0.6) is 0 Å². The summed E-state index contributed by atoms with van der Waals surface area (Å²) < 4.78 is 0. The molecule has 2 fully saturated rings. The van der Waals surface area contributed by atoms with Gasteiger partial charge in [0.25, 0.3) is 0 Å². The molecule has 7 heteroatoms. The lowest BCUT2D eigenvalue weighted by Gasteiger charge is -2.30. The number of carboxylic acids is 1. The summed E-state index contributed by atoms with van der Waals surface area (Å²) in [6, 6.07) is -0.272. The first-order chi connectivity index (χ1) is 9.99. The van der Waals surface area contributed by atoms with Gasteiger partial charge in [-0.25, -0.2) is 4.79 Å². The van der Waals surface area contributed by atoms with Crippen LogP contribution in [-0.4, -0.2) is 76.5 Å². The second kappa shape index (κ2) is 6.78. The molecule has 3 amide bonds. The molecular formula is C14H23N3O4. The molecule has 0 aliphatic carbocycles. The van der Waals surface area contributed by atoms with E-state index in [0.29, 0.717) is 32.7 Å². The van der Waals surface area contributed by atoms with Gasteiger partial charge < -0.3 is 19.8 Å². The predicted octanol–water partition coefficient (Wildman–Crippen LogP) is 0.600. The van der Waals surface area contributed by atoms with Crippen molar-refractivity contribution in [3.8, 4) is 0 Å². The number of hydrogen-bond donors (Lipinski definition) is 1. The number of aliphatic carboxylic acids is 1. The van der Waals surface area contributed by atoms with Crippen LogP contribution < -0.4 is 0 Å². The van der Waals surface area contributed by atoms with Gasteiger partial charge >= 0.3 is 12.0 Å². The van der Waals surface area contributed by atoms with Crippen LogP contribution in [0.1, 0.15) is 32.6 Å². The third-order valence-electron chi connectivity index (χ3n) is 4.24. The number of hydrogen-bond acceptors (Lipinski definition) is 3. The van der Waals surface area contributed by atoms with E-state index >= 15 is 0 Å². The largest absolute Gasteiger partial charge is 0.481 e. The molecule has 118 valence electrons. The van der Waals surface area contributed by atoms with E-state index in [-0.39, 0.29) is 24.4 Å². The molecule has 2 aliphatic heterocycles. The molecule has 0 spiro atoms. The molecule has 0 bridgehead atoms. The molecular weight excluding hydrogens is 274 g/mol. The molecule has 1 atom stereocenters. The molecule has 21 heavy (non-hydrogen) atoms. The van der Waals surface area contributed by atoms with E-state index < -0.39 is 5.97 Å². The van der Waals surface area contributed by atoms with Gasteiger partial charge in [-0.1, -0.05) is 0 Å². The van der Waals surface area contributed by atoms with E-state index in [4.69, 9.17) is 5.11 Å². The predicted molar refractivity (Wildman–Crippen MR) is 75.8 cm³/mol. The summed E-state index contributed by atoms with van der Waals surface area (Å²) in [5.41, 5.74) is 0. The molecule has 2 heterocycles. The van der Waals surface area contributed by atoms with Crippen LogP contribution in [-0.2, 0) is 9.59 Å². The quantitative estimate of drug-likeness (QED) is 0.809. The highest BCUT2D eigenvalue weighted by molar-refractivity contribution is 5.77. The Labute approximate surface area is 124 Å². The minimum Gasteiger partial charge on any atom is -0.481 e. The lowest BCUT2D eigenvalue weighted by molar-refractivity contribution is -0.138. The summed E-state index contributed by atoms with van der Waals surface area (Å²) in [5, 5.41) is 8.93. The van der Waals surface area contributed by atoms with Crippen LogP contribution >= 0.6 is 0 Å². The molecule has 1 unspecified atom stereocenters. The highest BCUT2D eigenvalue weighted by Gasteiger charge is 2.33. The molecule has 0 radical (unpaired) electrons. The highest BCUT2D eigenvalue weighted by Crippen LogP contribution is 2.22. The first-order valence-electron chi connectivity index (χ1n) is 7.52. The smallest absolute Gasteiger partial charge is 0.320 e. The average molecular weight is 297 g/mol. The third-order valence-corrected chi connectivity index (χ3v) is 4.24. The van der Waals surface area contributed by atoms with Gasteiger partial charge in [0.2, 0.25) is 5.91 Å². The van der Waals surface area contributed by atoms with Crippen molar-refractivity contribution >= 4 is 17.9 Å². The summed E-state index contributed by atoms with van der Waals surface area (Å²) in [7, 11) is 0. The van der Waals surface area contributed by atoms with Gasteiger partial charge in [0.1, 0.15) is 0 Å². The molecule has 1 N–H and O–H groups in total. The van der Waals surface area contributed by atoms with Gasteiger partial charge in [-0.15, -0.1) is 0 Å². The van der Waals surface area contributed by atoms with Crippen molar-refractivity contribution in [2.24, 2.45) is 0 Å². The number of carbonyl (C=O) groups is 3. The van der Waals surface area contributed by atoms with Gasteiger partial charge in [-0.05, 0) is 19.3 Å². The van der Waals surface area contributed by atoms with E-state index in [2.05, 4.69) is 0 Å². The van der Waals surface area contributed by atoms with Gasteiger partial charge in [0.15, 0.2) is 0 Å². The number of amides is 3. The van der Waals surface area contributed by atoms with Crippen LogP contribution in [0.4, 0.5) is 4.79 Å². The Hall–Kier alpha value is -1.79. The number of carbonyl (C=O) groups excluding carboxylic acids is 2. The summed E-state index contributed by atoms with van der Waals surface area (Å²) in [4.78, 5) is 40.1. The van der Waals surface area contributed by atoms with Crippen molar-refractivity contribution in [1.82, 2.24) is 14.7 Å². The first-order valence-corrected chi connectivity index (χ1v) is 7.52. The zero-order valence-corrected chi connectivity index (χ0v) is 12.5. The molecule has 2 rings (SSSR count). The fourth-order valence-corrected chi connectivity index (χ4v) is 3.11. The maximum absolute atomic E-state index is 12.6. The van der Waals surface area contributed by atoms with Gasteiger partial charge in [0.05, 0.1) is 6.42 Å². The van der Waals surface area contributed by atoms with Crippen LogP contribution in [0.3, 0.4) is 0 Å². The monoisotopic (exact) mass is 297 g/mol. The maximum Gasteiger partial charge on any atom is 0.320 e. The van der Waals surface area contributed by atoms with E-state index in [1.807, 2.05) is 0 Å². The SMILES string of the molecule is CC(=O)N1CCCN(C(=O)N2CCCC2CC(=O)O)CC1. The normalized spacial score (nSPS) is 23.1. The van der Waals surface area contributed by atoms with Crippen molar-refractivity contribution in [1.29, 1.82) is 0 Å². The van der Waals surface area contributed by atoms with Crippen molar-refractivity contribution in [2.75, 3.05) is 32.7 Å². The van der Waals surface area contributed by atoms with Crippen LogP contribution in [0, 0.1) is 0 Å². The fourth-order valence-electron chi connectivity index (χ4n) is 3.11. The summed E-state index contributed by atoms with van der Waals surface area (Å²) in [6.07, 6.45) is 2.39. The van der Waals surface area contributed by atoms with Crippen molar-refractivity contribution in [3.63, 3.8) is 0 Å². The Kier molecular flexibility index (Phi) is 5.03. The standard InChI is InChI=1S/C14H23N3O4/c1-11(18)15-5-3-6-16(9-8-15)14(21)17-7-2-4-12(17)10-13(19)20/h12H,2-10H2,1H3,(H,19,20). The Balaban J connectivity index is 1.95. The van der Waals surface area contributed by atoms with Gasteiger partial charge in [0, 0.05) is 45.7 Å². The molecule has 0 aromatic rings. The van der Waals surface area contributed by atoms with Crippen LogP contribution in [0.2, 0.25) is 0 Å². The number of carboxylic acid groups (broad SMARTS) is 1. The second-order valence-corrected chi connectivity index (χ2v) is 5.72. The number of likely N-dealkylation sites (tertiary alicyclic amines) is 1. The Bertz CT molecular complexity index is 426. The molecule has 2 aliphatic rings. The average Bonchev–Trinajstić information content (AvgIpc) is 2.72. The number of nitrogens with zero attached hydrogens (tertiary/aromatic N) is 3. The summed E-state index contributed by atoms with van der Waals surface area (Å²) in [6.45, 7) is 4.55. The first kappa shape index (κ1) is 15.6. The fraction of sp³-hybridized carbons (Fsp3) is 0.786. The highest BCUT2D eigenvalue weighted by atomic mass is 16.4.